The molecule has 0 bridgehead atoms. The van der Waals surface area contributed by atoms with E-state index in [4.69, 9.17) is 19.9 Å². The van der Waals surface area contributed by atoms with Gasteiger partial charge in [-0.1, -0.05) is 6.07 Å². The lowest BCUT2D eigenvalue weighted by molar-refractivity contribution is 0.0444. The molecule has 1 saturated heterocycles. The van der Waals surface area contributed by atoms with Crippen molar-refractivity contribution in [3.8, 4) is 11.5 Å². The molecule has 1 heterocycles. The van der Waals surface area contributed by atoms with Crippen LogP contribution in [0.5, 0.6) is 11.5 Å². The molecular weight excluding hydrogens is 246 g/mol. The van der Waals surface area contributed by atoms with Gasteiger partial charge in [0.15, 0.2) is 5.78 Å². The van der Waals surface area contributed by atoms with Gasteiger partial charge >= 0.3 is 0 Å². The maximum atomic E-state index is 12.7. The van der Waals surface area contributed by atoms with Crippen molar-refractivity contribution in [1.82, 2.24) is 0 Å². The Kier molecular flexibility index (Phi) is 4.07. The van der Waals surface area contributed by atoms with Gasteiger partial charge in [0.05, 0.1) is 19.8 Å². The van der Waals surface area contributed by atoms with Gasteiger partial charge in [-0.2, -0.15) is 0 Å². The minimum absolute atomic E-state index is 0.148. The SMILES string of the molecule is COc1cccc(OC)c1C(=O)C1(N)CCOCC1. The van der Waals surface area contributed by atoms with E-state index < -0.39 is 5.54 Å². The number of rotatable bonds is 4. The Hall–Kier alpha value is -1.59. The van der Waals surface area contributed by atoms with Gasteiger partial charge in [0.2, 0.25) is 0 Å². The van der Waals surface area contributed by atoms with E-state index in [0.29, 0.717) is 43.1 Å². The van der Waals surface area contributed by atoms with E-state index in [0.717, 1.165) is 0 Å². The summed E-state index contributed by atoms with van der Waals surface area (Å²) in [6.07, 6.45) is 1.01. The third-order valence-corrected chi connectivity index (χ3v) is 3.49. The zero-order valence-electron chi connectivity index (χ0n) is 11.3. The molecule has 1 aromatic carbocycles. The number of carbonyl (C=O) groups is 1. The normalized spacial score (nSPS) is 17.8. The Morgan fingerprint density at radius 1 is 1.21 bits per heavy atom. The Bertz CT molecular complexity index is 444. The number of Topliss-reactive ketones (excluding diaryl/α,β-unsaturated/α-hetero) is 1. The molecule has 0 saturated carbocycles. The summed E-state index contributed by atoms with van der Waals surface area (Å²) in [6, 6.07) is 5.25. The average Bonchev–Trinajstić information content (AvgIpc) is 2.46. The first-order chi connectivity index (χ1) is 9.12. The minimum Gasteiger partial charge on any atom is -0.496 e. The third-order valence-electron chi connectivity index (χ3n) is 3.49. The zero-order valence-corrected chi connectivity index (χ0v) is 11.3. The van der Waals surface area contributed by atoms with Gasteiger partial charge in [-0.05, 0) is 25.0 Å². The van der Waals surface area contributed by atoms with Gasteiger partial charge in [-0.25, -0.2) is 0 Å². The van der Waals surface area contributed by atoms with Crippen LogP contribution in [-0.2, 0) is 4.74 Å². The molecular formula is C14H19NO4. The first kappa shape index (κ1) is 13.8. The van der Waals surface area contributed by atoms with Crippen molar-refractivity contribution in [1.29, 1.82) is 0 Å². The summed E-state index contributed by atoms with van der Waals surface area (Å²) < 4.78 is 15.8. The molecule has 2 rings (SSSR count). The highest BCUT2D eigenvalue weighted by Crippen LogP contribution is 2.33. The van der Waals surface area contributed by atoms with Crippen LogP contribution >= 0.6 is 0 Å². The maximum Gasteiger partial charge on any atom is 0.190 e. The van der Waals surface area contributed by atoms with E-state index in [1.54, 1.807) is 18.2 Å². The van der Waals surface area contributed by atoms with Gasteiger partial charge in [0.1, 0.15) is 17.1 Å². The molecule has 0 aliphatic carbocycles. The number of ether oxygens (including phenoxy) is 3. The summed E-state index contributed by atoms with van der Waals surface area (Å²) in [5.74, 6) is 0.825. The maximum absolute atomic E-state index is 12.7. The highest BCUT2D eigenvalue weighted by atomic mass is 16.5. The Balaban J connectivity index is 2.42. The Morgan fingerprint density at radius 2 is 1.74 bits per heavy atom. The number of hydrogen-bond acceptors (Lipinski definition) is 5. The quantitative estimate of drug-likeness (QED) is 0.833. The zero-order chi connectivity index (χ0) is 13.9. The molecule has 1 aliphatic rings. The summed E-state index contributed by atoms with van der Waals surface area (Å²) in [4.78, 5) is 12.7. The van der Waals surface area contributed by atoms with Crippen molar-refractivity contribution in [2.24, 2.45) is 5.73 Å². The van der Waals surface area contributed by atoms with Crippen LogP contribution < -0.4 is 15.2 Å². The van der Waals surface area contributed by atoms with E-state index in [1.807, 2.05) is 0 Å². The standard InChI is InChI=1S/C14H19NO4/c1-17-10-4-3-5-11(18-2)12(10)13(16)14(15)6-8-19-9-7-14/h3-5H,6-9,15H2,1-2H3. The van der Waals surface area contributed by atoms with E-state index in [-0.39, 0.29) is 5.78 Å². The van der Waals surface area contributed by atoms with Crippen LogP contribution in [0, 0.1) is 0 Å². The summed E-state index contributed by atoms with van der Waals surface area (Å²) in [5.41, 5.74) is 5.75. The van der Waals surface area contributed by atoms with Crippen molar-refractivity contribution < 1.29 is 19.0 Å². The third kappa shape index (κ3) is 2.57. The first-order valence-electron chi connectivity index (χ1n) is 6.25. The molecule has 19 heavy (non-hydrogen) atoms. The van der Waals surface area contributed by atoms with Crippen LogP contribution in [0.15, 0.2) is 18.2 Å². The fraction of sp³-hybridized carbons (Fsp3) is 0.500. The van der Waals surface area contributed by atoms with Gasteiger partial charge < -0.3 is 19.9 Å². The van der Waals surface area contributed by atoms with E-state index in [9.17, 15) is 4.79 Å². The van der Waals surface area contributed by atoms with Gasteiger partial charge in [-0.15, -0.1) is 0 Å². The highest BCUT2D eigenvalue weighted by Gasteiger charge is 2.39. The number of methoxy groups -OCH3 is 2. The molecule has 0 radical (unpaired) electrons. The predicted octanol–water partition coefficient (Wildman–Crippen LogP) is 1.39. The monoisotopic (exact) mass is 265 g/mol. The molecule has 104 valence electrons. The molecule has 1 fully saturated rings. The molecule has 0 atom stereocenters. The summed E-state index contributed by atoms with van der Waals surface area (Å²) >= 11 is 0. The molecule has 0 amide bonds. The summed E-state index contributed by atoms with van der Waals surface area (Å²) in [7, 11) is 3.05. The van der Waals surface area contributed by atoms with Crippen molar-refractivity contribution in [2.45, 2.75) is 18.4 Å². The second kappa shape index (κ2) is 5.59. The number of ketones is 1. The van der Waals surface area contributed by atoms with E-state index in [2.05, 4.69) is 0 Å². The van der Waals surface area contributed by atoms with Crippen LogP contribution in [0.25, 0.3) is 0 Å². The van der Waals surface area contributed by atoms with E-state index in [1.165, 1.54) is 14.2 Å². The van der Waals surface area contributed by atoms with Crippen molar-refractivity contribution in [2.75, 3.05) is 27.4 Å². The Morgan fingerprint density at radius 3 is 2.21 bits per heavy atom. The highest BCUT2D eigenvalue weighted by molar-refractivity contribution is 6.07. The molecule has 2 N–H and O–H groups in total. The predicted molar refractivity (Wildman–Crippen MR) is 70.8 cm³/mol. The number of nitrogens with two attached hydrogens (primary N) is 1. The van der Waals surface area contributed by atoms with Crippen LogP contribution in [0.3, 0.4) is 0 Å². The van der Waals surface area contributed by atoms with Gasteiger partial charge in [0, 0.05) is 13.2 Å². The largest absolute Gasteiger partial charge is 0.496 e. The summed E-state index contributed by atoms with van der Waals surface area (Å²) in [6.45, 7) is 0.999. The van der Waals surface area contributed by atoms with Crippen LogP contribution in [-0.4, -0.2) is 38.8 Å². The molecule has 0 aromatic heterocycles. The topological polar surface area (TPSA) is 70.8 Å². The Labute approximate surface area is 112 Å². The second-order valence-corrected chi connectivity index (χ2v) is 4.64. The van der Waals surface area contributed by atoms with Gasteiger partial charge in [0.25, 0.3) is 0 Å². The number of hydrogen-bond donors (Lipinski definition) is 1. The van der Waals surface area contributed by atoms with Crippen molar-refractivity contribution in [3.63, 3.8) is 0 Å². The lowest BCUT2D eigenvalue weighted by Crippen LogP contribution is -2.52. The first-order valence-corrected chi connectivity index (χ1v) is 6.25. The van der Waals surface area contributed by atoms with Crippen LogP contribution in [0.2, 0.25) is 0 Å². The average molecular weight is 265 g/mol. The van der Waals surface area contributed by atoms with Crippen LogP contribution in [0.1, 0.15) is 23.2 Å². The van der Waals surface area contributed by atoms with E-state index >= 15 is 0 Å². The second-order valence-electron chi connectivity index (χ2n) is 4.64. The number of benzene rings is 1. The smallest absolute Gasteiger partial charge is 0.190 e. The van der Waals surface area contributed by atoms with Crippen molar-refractivity contribution >= 4 is 5.78 Å². The van der Waals surface area contributed by atoms with Crippen LogP contribution in [0.4, 0.5) is 0 Å². The molecule has 1 aromatic rings. The molecule has 1 aliphatic heterocycles. The lowest BCUT2D eigenvalue weighted by Gasteiger charge is -2.32. The molecule has 5 nitrogen and oxygen atoms in total. The molecule has 0 spiro atoms. The van der Waals surface area contributed by atoms with Gasteiger partial charge in [-0.3, -0.25) is 4.79 Å². The fourth-order valence-electron chi connectivity index (χ4n) is 2.29. The molecule has 0 unspecified atom stereocenters. The fourth-order valence-corrected chi connectivity index (χ4v) is 2.29. The molecule has 5 heteroatoms. The van der Waals surface area contributed by atoms with Crippen molar-refractivity contribution in [3.05, 3.63) is 23.8 Å². The number of carbonyl (C=O) groups excluding carboxylic acids is 1. The summed E-state index contributed by atoms with van der Waals surface area (Å²) in [5, 5.41) is 0. The minimum atomic E-state index is -0.903. The lowest BCUT2D eigenvalue weighted by atomic mass is 9.83.